The van der Waals surface area contributed by atoms with Crippen LogP contribution >= 0.6 is 0 Å². The number of fused-ring (bicyclic) bond motifs is 10. The van der Waals surface area contributed by atoms with Crippen molar-refractivity contribution >= 4 is 43.6 Å². The van der Waals surface area contributed by atoms with Gasteiger partial charge in [-0.15, -0.1) is 0 Å². The number of benzene rings is 8. The summed E-state index contributed by atoms with van der Waals surface area (Å²) >= 11 is 0. The number of hydrogen-bond acceptors (Lipinski definition) is 0. The average Bonchev–Trinajstić information content (AvgIpc) is 3.81. The normalized spacial score (nSPS) is 13.2. The van der Waals surface area contributed by atoms with E-state index in [0.29, 0.717) is 0 Å². The molecule has 11 rings (SSSR count). The second kappa shape index (κ2) is 11.2. The second-order valence-corrected chi connectivity index (χ2v) is 15.0. The van der Waals surface area contributed by atoms with Gasteiger partial charge in [-0.25, -0.2) is 0 Å². The zero-order valence-corrected chi connectivity index (χ0v) is 29.7. The van der Waals surface area contributed by atoms with Crippen LogP contribution in [0.5, 0.6) is 0 Å². The van der Waals surface area contributed by atoms with Gasteiger partial charge in [0, 0.05) is 38.3 Å². The van der Waals surface area contributed by atoms with Crippen LogP contribution in [0.3, 0.4) is 0 Å². The summed E-state index contributed by atoms with van der Waals surface area (Å²) in [6.07, 6.45) is 0. The molecule has 0 bridgehead atoms. The summed E-state index contributed by atoms with van der Waals surface area (Å²) in [5, 5.41) is 5.04. The lowest BCUT2D eigenvalue weighted by molar-refractivity contribution is 0.660. The first-order chi connectivity index (χ1) is 26.1. The standard InChI is InChI=1S/C51H36N2/c1-51(2)44-22-12-9-19-39(44)43-32-37(25-27-45(43)51)53-46-23-13-10-20-40(46)41-26-28-48-49(50(41)53)42-21-11-14-24-47(42)52(48)38-30-35(33-15-5-3-6-16-33)29-36(31-38)34-17-7-4-8-18-34/h3-32H,1-2H3. The maximum Gasteiger partial charge on any atom is 0.0641 e. The summed E-state index contributed by atoms with van der Waals surface area (Å²) < 4.78 is 5.00. The van der Waals surface area contributed by atoms with Crippen molar-refractivity contribution in [2.75, 3.05) is 0 Å². The molecular weight excluding hydrogens is 641 g/mol. The Morgan fingerprint density at radius 3 is 1.66 bits per heavy atom. The summed E-state index contributed by atoms with van der Waals surface area (Å²) in [6, 6.07) is 67.1. The molecule has 2 nitrogen and oxygen atoms in total. The zero-order valence-electron chi connectivity index (χ0n) is 29.7. The van der Waals surface area contributed by atoms with E-state index in [4.69, 9.17) is 0 Å². The fourth-order valence-electron chi connectivity index (χ4n) is 9.24. The van der Waals surface area contributed by atoms with Crippen LogP contribution in [-0.2, 0) is 5.41 Å². The van der Waals surface area contributed by atoms with Gasteiger partial charge in [-0.05, 0) is 93.0 Å². The zero-order chi connectivity index (χ0) is 35.3. The van der Waals surface area contributed by atoms with Crippen LogP contribution in [0, 0.1) is 0 Å². The number of hydrogen-bond donors (Lipinski definition) is 0. The maximum absolute atomic E-state index is 2.52. The molecule has 0 amide bonds. The summed E-state index contributed by atoms with van der Waals surface area (Å²) in [4.78, 5) is 0. The Morgan fingerprint density at radius 1 is 0.358 bits per heavy atom. The first-order valence-corrected chi connectivity index (χ1v) is 18.5. The molecule has 0 N–H and O–H groups in total. The van der Waals surface area contributed by atoms with Gasteiger partial charge in [0.25, 0.3) is 0 Å². The smallest absolute Gasteiger partial charge is 0.0641 e. The topological polar surface area (TPSA) is 9.86 Å². The van der Waals surface area contributed by atoms with Crippen molar-refractivity contribution in [1.29, 1.82) is 0 Å². The van der Waals surface area contributed by atoms with Crippen molar-refractivity contribution in [3.05, 3.63) is 193 Å². The molecule has 0 saturated heterocycles. The molecule has 0 spiro atoms. The lowest BCUT2D eigenvalue weighted by Gasteiger charge is -2.21. The Morgan fingerprint density at radius 2 is 0.943 bits per heavy atom. The van der Waals surface area contributed by atoms with Crippen LogP contribution in [0.4, 0.5) is 0 Å². The van der Waals surface area contributed by atoms with Crippen LogP contribution in [0.25, 0.3) is 88.4 Å². The minimum Gasteiger partial charge on any atom is -0.309 e. The molecule has 0 atom stereocenters. The Labute approximate surface area is 308 Å². The monoisotopic (exact) mass is 676 g/mol. The Hall–Kier alpha value is -6.64. The predicted molar refractivity (Wildman–Crippen MR) is 224 cm³/mol. The van der Waals surface area contributed by atoms with E-state index in [1.54, 1.807) is 0 Å². The molecule has 1 aliphatic carbocycles. The SMILES string of the molecule is CC1(C)c2ccccc2-c2cc(-n3c4ccccc4c4ccc5c(c6ccccc6n5-c5cc(-c6ccccc6)cc(-c6ccccc6)c5)c43)ccc21. The van der Waals surface area contributed by atoms with Crippen LogP contribution in [-0.4, -0.2) is 9.13 Å². The maximum atomic E-state index is 2.52. The molecule has 0 saturated carbocycles. The van der Waals surface area contributed by atoms with Crippen molar-refractivity contribution in [2.24, 2.45) is 0 Å². The fraction of sp³-hybridized carbons (Fsp3) is 0.0588. The molecule has 0 unspecified atom stereocenters. The van der Waals surface area contributed by atoms with Crippen LogP contribution in [0.1, 0.15) is 25.0 Å². The van der Waals surface area contributed by atoms with Gasteiger partial charge in [0.15, 0.2) is 0 Å². The van der Waals surface area contributed by atoms with Crippen molar-refractivity contribution < 1.29 is 0 Å². The van der Waals surface area contributed by atoms with E-state index in [9.17, 15) is 0 Å². The van der Waals surface area contributed by atoms with Gasteiger partial charge in [0.05, 0.1) is 22.1 Å². The van der Waals surface area contributed by atoms with Crippen molar-refractivity contribution in [1.82, 2.24) is 9.13 Å². The third kappa shape index (κ3) is 4.33. The highest BCUT2D eigenvalue weighted by Crippen LogP contribution is 2.50. The lowest BCUT2D eigenvalue weighted by Crippen LogP contribution is -2.14. The Balaban J connectivity index is 1.24. The van der Waals surface area contributed by atoms with Crippen LogP contribution in [0.15, 0.2) is 182 Å². The Bertz CT molecular complexity index is 3010. The van der Waals surface area contributed by atoms with Crippen molar-refractivity contribution in [2.45, 2.75) is 19.3 Å². The van der Waals surface area contributed by atoms with Crippen LogP contribution < -0.4 is 0 Å². The van der Waals surface area contributed by atoms with Crippen molar-refractivity contribution in [3.8, 4) is 44.8 Å². The fourth-order valence-corrected chi connectivity index (χ4v) is 9.24. The molecule has 250 valence electrons. The van der Waals surface area contributed by atoms with E-state index in [0.717, 1.165) is 5.69 Å². The number of rotatable bonds is 4. The predicted octanol–water partition coefficient (Wildman–Crippen LogP) is 13.5. The number of para-hydroxylation sites is 2. The highest BCUT2D eigenvalue weighted by molar-refractivity contribution is 6.26. The third-order valence-corrected chi connectivity index (χ3v) is 11.7. The highest BCUT2D eigenvalue weighted by atomic mass is 15.0. The van der Waals surface area contributed by atoms with Gasteiger partial charge in [0.1, 0.15) is 0 Å². The van der Waals surface area contributed by atoms with Gasteiger partial charge in [-0.1, -0.05) is 147 Å². The quantitative estimate of drug-likeness (QED) is 0.176. The van der Waals surface area contributed by atoms with E-state index < -0.39 is 0 Å². The van der Waals surface area contributed by atoms with Gasteiger partial charge in [-0.2, -0.15) is 0 Å². The average molecular weight is 677 g/mol. The minimum absolute atomic E-state index is 0.0428. The first kappa shape index (κ1) is 30.0. The molecule has 1 aliphatic rings. The number of nitrogens with zero attached hydrogens (tertiary/aromatic N) is 2. The summed E-state index contributed by atoms with van der Waals surface area (Å²) in [7, 11) is 0. The molecule has 0 radical (unpaired) electrons. The van der Waals surface area contributed by atoms with E-state index in [1.165, 1.54) is 93.8 Å². The molecule has 53 heavy (non-hydrogen) atoms. The molecule has 2 aromatic heterocycles. The molecular formula is C51H36N2. The third-order valence-electron chi connectivity index (χ3n) is 11.7. The first-order valence-electron chi connectivity index (χ1n) is 18.5. The van der Waals surface area contributed by atoms with E-state index in [-0.39, 0.29) is 5.41 Å². The summed E-state index contributed by atoms with van der Waals surface area (Å²) in [5.41, 5.74) is 17.4. The van der Waals surface area contributed by atoms with Crippen LogP contribution in [0.2, 0.25) is 0 Å². The Kier molecular flexibility index (Phi) is 6.33. The largest absolute Gasteiger partial charge is 0.309 e. The van der Waals surface area contributed by atoms with E-state index in [2.05, 4.69) is 205 Å². The molecule has 0 aliphatic heterocycles. The molecule has 0 fully saturated rings. The molecule has 2 heterocycles. The number of aromatic nitrogens is 2. The minimum atomic E-state index is -0.0428. The second-order valence-electron chi connectivity index (χ2n) is 15.0. The highest BCUT2D eigenvalue weighted by Gasteiger charge is 2.35. The summed E-state index contributed by atoms with van der Waals surface area (Å²) in [6.45, 7) is 4.71. The lowest BCUT2D eigenvalue weighted by atomic mass is 9.82. The van der Waals surface area contributed by atoms with Gasteiger partial charge in [0.2, 0.25) is 0 Å². The van der Waals surface area contributed by atoms with E-state index in [1.807, 2.05) is 0 Å². The van der Waals surface area contributed by atoms with Gasteiger partial charge < -0.3 is 9.13 Å². The van der Waals surface area contributed by atoms with Gasteiger partial charge in [-0.3, -0.25) is 0 Å². The molecule has 8 aromatic carbocycles. The molecule has 2 heteroatoms. The van der Waals surface area contributed by atoms with Crippen molar-refractivity contribution in [3.63, 3.8) is 0 Å². The van der Waals surface area contributed by atoms with Gasteiger partial charge >= 0.3 is 0 Å². The van der Waals surface area contributed by atoms with E-state index >= 15 is 0 Å². The summed E-state index contributed by atoms with van der Waals surface area (Å²) in [5.74, 6) is 0. The molecule has 10 aromatic rings.